The fourth-order valence-corrected chi connectivity index (χ4v) is 7.40. The van der Waals surface area contributed by atoms with Gasteiger partial charge in [-0.05, 0) is 88.0 Å². The predicted octanol–water partition coefficient (Wildman–Crippen LogP) is 13.2. The van der Waals surface area contributed by atoms with Crippen LogP contribution in [0.4, 0.5) is 0 Å². The summed E-state index contributed by atoms with van der Waals surface area (Å²) in [6.45, 7) is 0. The van der Waals surface area contributed by atoms with Crippen LogP contribution in [0.25, 0.3) is 100 Å². The number of hydrogen-bond donors (Lipinski definition) is 0. The lowest BCUT2D eigenvalue weighted by molar-refractivity contribution is 1.23. The molecule has 0 aliphatic carbocycles. The van der Waals surface area contributed by atoms with Gasteiger partial charge >= 0.3 is 0 Å². The van der Waals surface area contributed by atoms with Gasteiger partial charge in [-0.25, -0.2) is 15.0 Å². The first-order valence-electron chi connectivity index (χ1n) is 18.8. The van der Waals surface area contributed by atoms with E-state index in [9.17, 15) is 0 Å². The SMILES string of the molecule is c1ccc(-c2ccc3nc(-c4cc(-c5ccc(-c6ccccn6)cc5)cc(-c5ccc(-c6ccc7ccccc7n6)cc5)c4)nc(-c4ccccc4)c3c2)cc1. The lowest BCUT2D eigenvalue weighted by Crippen LogP contribution is -1.97. The highest BCUT2D eigenvalue weighted by atomic mass is 14.9. The second-order valence-corrected chi connectivity index (χ2v) is 13.9. The van der Waals surface area contributed by atoms with Crippen LogP contribution in [0.5, 0.6) is 0 Å². The van der Waals surface area contributed by atoms with Gasteiger partial charge in [0.15, 0.2) is 5.82 Å². The molecule has 0 saturated carbocycles. The zero-order chi connectivity index (χ0) is 37.3. The third-order valence-electron chi connectivity index (χ3n) is 10.3. The Morgan fingerprint density at radius 1 is 0.286 bits per heavy atom. The van der Waals surface area contributed by atoms with E-state index >= 15 is 0 Å². The first kappa shape index (κ1) is 33.0. The Morgan fingerprint density at radius 2 is 0.857 bits per heavy atom. The first-order chi connectivity index (χ1) is 27.7. The maximum Gasteiger partial charge on any atom is 0.160 e. The highest BCUT2D eigenvalue weighted by Crippen LogP contribution is 2.37. The van der Waals surface area contributed by atoms with E-state index in [2.05, 4.69) is 163 Å². The number of para-hydroxylation sites is 1. The molecule has 10 aromatic rings. The van der Waals surface area contributed by atoms with Crippen LogP contribution in [0.1, 0.15) is 0 Å². The molecule has 0 N–H and O–H groups in total. The molecule has 4 heteroatoms. The molecular formula is C52H34N4. The number of fused-ring (bicyclic) bond motifs is 2. The maximum atomic E-state index is 5.35. The second kappa shape index (κ2) is 14.3. The van der Waals surface area contributed by atoms with E-state index in [1.807, 2.05) is 48.7 Å². The second-order valence-electron chi connectivity index (χ2n) is 13.9. The summed E-state index contributed by atoms with van der Waals surface area (Å²) >= 11 is 0. The topological polar surface area (TPSA) is 51.6 Å². The number of benzene rings is 7. The van der Waals surface area contributed by atoms with Gasteiger partial charge in [-0.1, -0.05) is 146 Å². The third-order valence-corrected chi connectivity index (χ3v) is 10.3. The van der Waals surface area contributed by atoms with E-state index in [0.717, 1.165) is 94.5 Å². The molecule has 3 heterocycles. The largest absolute Gasteiger partial charge is 0.256 e. The minimum atomic E-state index is 0.675. The predicted molar refractivity (Wildman–Crippen MR) is 231 cm³/mol. The summed E-state index contributed by atoms with van der Waals surface area (Å²) in [5.74, 6) is 0.675. The average molecular weight is 715 g/mol. The molecule has 0 amide bonds. The number of nitrogens with zero attached hydrogens (tertiary/aromatic N) is 4. The van der Waals surface area contributed by atoms with Gasteiger partial charge in [0.2, 0.25) is 0 Å². The summed E-state index contributed by atoms with van der Waals surface area (Å²) in [6.07, 6.45) is 1.83. The number of rotatable bonds is 7. The van der Waals surface area contributed by atoms with Crippen LogP contribution in [0.2, 0.25) is 0 Å². The van der Waals surface area contributed by atoms with Crippen molar-refractivity contribution in [3.05, 3.63) is 206 Å². The van der Waals surface area contributed by atoms with E-state index in [1.54, 1.807) is 0 Å². The van der Waals surface area contributed by atoms with E-state index in [1.165, 1.54) is 0 Å². The van der Waals surface area contributed by atoms with Crippen molar-refractivity contribution in [2.45, 2.75) is 0 Å². The molecule has 7 aromatic carbocycles. The van der Waals surface area contributed by atoms with Crippen molar-refractivity contribution < 1.29 is 0 Å². The molecule has 4 nitrogen and oxygen atoms in total. The molecule has 0 fully saturated rings. The van der Waals surface area contributed by atoms with Crippen LogP contribution >= 0.6 is 0 Å². The van der Waals surface area contributed by atoms with Crippen LogP contribution in [0.15, 0.2) is 206 Å². The lowest BCUT2D eigenvalue weighted by Gasteiger charge is -2.14. The summed E-state index contributed by atoms with van der Waals surface area (Å²) in [6, 6.07) is 69.8. The minimum Gasteiger partial charge on any atom is -0.256 e. The molecule has 0 spiro atoms. The number of hydrogen-bond acceptors (Lipinski definition) is 4. The molecule has 0 aliphatic heterocycles. The fourth-order valence-electron chi connectivity index (χ4n) is 7.40. The van der Waals surface area contributed by atoms with Crippen molar-refractivity contribution in [3.63, 3.8) is 0 Å². The van der Waals surface area contributed by atoms with Gasteiger partial charge in [0, 0.05) is 39.2 Å². The standard InChI is InChI=1S/C52H34N4/c1-3-11-35(12-4-1)42-27-29-50-46(34-42)51(41-14-5-2-6-15-41)56-52(55-50)45-32-43(36-18-22-39(23-19-36)47-16-9-10-30-53-47)31-44(33-45)37-20-24-40(25-21-37)49-28-26-38-13-7-8-17-48(38)54-49/h1-34H. The third kappa shape index (κ3) is 6.50. The smallest absolute Gasteiger partial charge is 0.160 e. The van der Waals surface area contributed by atoms with Crippen LogP contribution in [0.3, 0.4) is 0 Å². The van der Waals surface area contributed by atoms with E-state index in [0.29, 0.717) is 5.82 Å². The van der Waals surface area contributed by atoms with Gasteiger partial charge in [0.25, 0.3) is 0 Å². The summed E-state index contributed by atoms with van der Waals surface area (Å²) in [4.78, 5) is 20.1. The van der Waals surface area contributed by atoms with Crippen LogP contribution < -0.4 is 0 Å². The Balaban J connectivity index is 1.11. The minimum absolute atomic E-state index is 0.675. The number of aromatic nitrogens is 4. The van der Waals surface area contributed by atoms with Crippen molar-refractivity contribution in [1.29, 1.82) is 0 Å². The summed E-state index contributed by atoms with van der Waals surface area (Å²) in [5.41, 5.74) is 15.5. The highest BCUT2D eigenvalue weighted by Gasteiger charge is 2.16. The molecule has 0 bridgehead atoms. The van der Waals surface area contributed by atoms with Crippen molar-refractivity contribution in [1.82, 2.24) is 19.9 Å². The Labute approximate surface area is 325 Å². The van der Waals surface area contributed by atoms with Crippen LogP contribution in [-0.4, -0.2) is 19.9 Å². The molecular weight excluding hydrogens is 681 g/mol. The van der Waals surface area contributed by atoms with Gasteiger partial charge in [-0.15, -0.1) is 0 Å². The Hall–Kier alpha value is -7.56. The Kier molecular flexibility index (Phi) is 8.47. The van der Waals surface area contributed by atoms with Crippen molar-refractivity contribution in [3.8, 4) is 78.5 Å². The molecule has 0 unspecified atom stereocenters. The van der Waals surface area contributed by atoms with Crippen LogP contribution in [0, 0.1) is 0 Å². The molecule has 10 rings (SSSR count). The molecule has 3 aromatic heterocycles. The van der Waals surface area contributed by atoms with Gasteiger partial charge in [0.05, 0.1) is 28.1 Å². The zero-order valence-electron chi connectivity index (χ0n) is 30.4. The normalized spacial score (nSPS) is 11.2. The van der Waals surface area contributed by atoms with Gasteiger partial charge in [0.1, 0.15) is 0 Å². The summed E-state index contributed by atoms with van der Waals surface area (Å²) < 4.78 is 0. The highest BCUT2D eigenvalue weighted by molar-refractivity contribution is 5.97. The van der Waals surface area contributed by atoms with Gasteiger partial charge in [-0.2, -0.15) is 0 Å². The molecule has 262 valence electrons. The summed E-state index contributed by atoms with van der Waals surface area (Å²) in [7, 11) is 0. The lowest BCUT2D eigenvalue weighted by atomic mass is 9.94. The Bertz CT molecular complexity index is 2980. The van der Waals surface area contributed by atoms with Crippen molar-refractivity contribution >= 4 is 21.8 Å². The van der Waals surface area contributed by atoms with Crippen molar-refractivity contribution in [2.24, 2.45) is 0 Å². The fraction of sp³-hybridized carbons (Fsp3) is 0. The molecule has 56 heavy (non-hydrogen) atoms. The monoisotopic (exact) mass is 714 g/mol. The molecule has 0 atom stereocenters. The van der Waals surface area contributed by atoms with Crippen molar-refractivity contribution in [2.75, 3.05) is 0 Å². The first-order valence-corrected chi connectivity index (χ1v) is 18.8. The maximum absolute atomic E-state index is 5.35. The van der Waals surface area contributed by atoms with E-state index in [-0.39, 0.29) is 0 Å². The molecule has 0 aliphatic rings. The average Bonchev–Trinajstić information content (AvgIpc) is 3.29. The van der Waals surface area contributed by atoms with Crippen LogP contribution in [-0.2, 0) is 0 Å². The quantitative estimate of drug-likeness (QED) is 0.165. The van der Waals surface area contributed by atoms with E-state index in [4.69, 9.17) is 15.0 Å². The zero-order valence-corrected chi connectivity index (χ0v) is 30.4. The molecule has 0 saturated heterocycles. The Morgan fingerprint density at radius 3 is 1.55 bits per heavy atom. The van der Waals surface area contributed by atoms with Gasteiger partial charge < -0.3 is 0 Å². The number of pyridine rings is 2. The van der Waals surface area contributed by atoms with Gasteiger partial charge in [-0.3, -0.25) is 4.98 Å². The summed E-state index contributed by atoms with van der Waals surface area (Å²) in [5, 5.41) is 2.15. The molecule has 0 radical (unpaired) electrons. The van der Waals surface area contributed by atoms with E-state index < -0.39 is 0 Å².